The predicted molar refractivity (Wildman–Crippen MR) is 150 cm³/mol. The lowest BCUT2D eigenvalue weighted by Gasteiger charge is -2.17. The molecule has 0 spiro atoms. The number of rotatable bonds is 4. The van der Waals surface area contributed by atoms with Gasteiger partial charge in [0, 0.05) is 41.0 Å². The smallest absolute Gasteiger partial charge is 0.235 e. The molecule has 198 valence electrons. The molecule has 10 heteroatoms. The molecule has 1 saturated carbocycles. The SMILES string of the molecule is O=C(Nc1ccc(-c2cnc3nc2NCCCNSc2cccc(c2)N3)cc1F)C1(c2ccccc2F)CC1. The van der Waals surface area contributed by atoms with Crippen molar-refractivity contribution in [3.05, 3.63) is 90.1 Å². The molecule has 4 bridgehead atoms. The molecule has 0 unspecified atom stereocenters. The molecule has 4 N–H and O–H groups in total. The number of carbonyl (C=O) groups excluding carboxylic acids is 1. The van der Waals surface area contributed by atoms with E-state index in [1.165, 1.54) is 18.2 Å². The van der Waals surface area contributed by atoms with Crippen molar-refractivity contribution in [2.75, 3.05) is 29.0 Å². The Morgan fingerprint density at radius 1 is 0.974 bits per heavy atom. The van der Waals surface area contributed by atoms with Gasteiger partial charge in [0.1, 0.15) is 17.5 Å². The van der Waals surface area contributed by atoms with E-state index in [4.69, 9.17) is 0 Å². The second-order valence-corrected chi connectivity index (χ2v) is 10.6. The molecule has 6 rings (SSSR count). The minimum absolute atomic E-state index is 0.0435. The molecule has 1 aromatic heterocycles. The monoisotopic (exact) mass is 544 g/mol. The summed E-state index contributed by atoms with van der Waals surface area (Å²) < 4.78 is 33.0. The summed E-state index contributed by atoms with van der Waals surface area (Å²) in [6.45, 7) is 1.45. The molecule has 2 aliphatic rings. The van der Waals surface area contributed by atoms with E-state index in [1.807, 2.05) is 24.3 Å². The van der Waals surface area contributed by atoms with Gasteiger partial charge in [0.2, 0.25) is 11.9 Å². The molecule has 1 amide bonds. The lowest BCUT2D eigenvalue weighted by Crippen LogP contribution is -2.29. The lowest BCUT2D eigenvalue weighted by atomic mass is 9.94. The molecular formula is C29H26F2N6OS. The van der Waals surface area contributed by atoms with Crippen LogP contribution in [-0.4, -0.2) is 29.0 Å². The van der Waals surface area contributed by atoms with E-state index in [1.54, 1.807) is 42.4 Å². The Labute approximate surface area is 229 Å². The van der Waals surface area contributed by atoms with Gasteiger partial charge in [-0.3, -0.25) is 9.52 Å². The van der Waals surface area contributed by atoms with Gasteiger partial charge < -0.3 is 16.0 Å². The van der Waals surface area contributed by atoms with Crippen molar-refractivity contribution >= 4 is 41.0 Å². The van der Waals surface area contributed by atoms with Gasteiger partial charge in [-0.15, -0.1) is 0 Å². The second kappa shape index (κ2) is 10.6. The van der Waals surface area contributed by atoms with Crippen LogP contribution in [0.25, 0.3) is 11.1 Å². The number of nitrogens with one attached hydrogen (secondary N) is 4. The predicted octanol–water partition coefficient (Wildman–Crippen LogP) is 6.25. The highest BCUT2D eigenvalue weighted by atomic mass is 32.2. The van der Waals surface area contributed by atoms with E-state index in [2.05, 4.69) is 30.6 Å². The van der Waals surface area contributed by atoms with E-state index < -0.39 is 23.0 Å². The fourth-order valence-electron chi connectivity index (χ4n) is 4.68. The first-order chi connectivity index (χ1) is 19.0. The molecule has 39 heavy (non-hydrogen) atoms. The quantitative estimate of drug-likeness (QED) is 0.226. The summed E-state index contributed by atoms with van der Waals surface area (Å²) >= 11 is 1.57. The van der Waals surface area contributed by atoms with Crippen molar-refractivity contribution in [3.8, 4) is 11.1 Å². The number of fused-ring (bicyclic) bond motifs is 4. The third-order valence-electron chi connectivity index (χ3n) is 6.92. The van der Waals surface area contributed by atoms with Crippen LogP contribution in [0, 0.1) is 11.6 Å². The van der Waals surface area contributed by atoms with Crippen LogP contribution in [-0.2, 0) is 10.2 Å². The topological polar surface area (TPSA) is 91.0 Å². The highest BCUT2D eigenvalue weighted by Gasteiger charge is 2.52. The van der Waals surface area contributed by atoms with Gasteiger partial charge in [-0.1, -0.05) is 30.3 Å². The third kappa shape index (κ3) is 5.30. The zero-order chi connectivity index (χ0) is 26.8. The molecule has 0 atom stereocenters. The molecule has 7 nitrogen and oxygen atoms in total. The molecular weight excluding hydrogens is 518 g/mol. The molecule has 1 aliphatic heterocycles. The summed E-state index contributed by atoms with van der Waals surface area (Å²) in [5.41, 5.74) is 1.48. The van der Waals surface area contributed by atoms with Crippen molar-refractivity contribution in [3.63, 3.8) is 0 Å². The zero-order valence-electron chi connectivity index (χ0n) is 20.9. The van der Waals surface area contributed by atoms with Gasteiger partial charge in [0.05, 0.1) is 11.1 Å². The number of amides is 1. The van der Waals surface area contributed by atoms with E-state index >= 15 is 4.39 Å². The number of anilines is 4. The van der Waals surface area contributed by atoms with Gasteiger partial charge in [-0.25, -0.2) is 13.8 Å². The van der Waals surface area contributed by atoms with Crippen molar-refractivity contribution in [2.45, 2.75) is 29.6 Å². The van der Waals surface area contributed by atoms with E-state index in [0.29, 0.717) is 47.8 Å². The van der Waals surface area contributed by atoms with Gasteiger partial charge >= 0.3 is 0 Å². The van der Waals surface area contributed by atoms with Crippen LogP contribution in [0.5, 0.6) is 0 Å². The average molecular weight is 545 g/mol. The Bertz CT molecular complexity index is 1540. The van der Waals surface area contributed by atoms with Crippen LogP contribution in [0.2, 0.25) is 0 Å². The molecule has 1 fully saturated rings. The maximum atomic E-state index is 15.3. The van der Waals surface area contributed by atoms with E-state index in [-0.39, 0.29) is 5.69 Å². The molecule has 2 heterocycles. The first-order valence-electron chi connectivity index (χ1n) is 12.8. The van der Waals surface area contributed by atoms with Crippen molar-refractivity contribution in [1.29, 1.82) is 0 Å². The number of benzene rings is 3. The van der Waals surface area contributed by atoms with Gasteiger partial charge in [-0.2, -0.15) is 4.98 Å². The van der Waals surface area contributed by atoms with Crippen LogP contribution in [0.3, 0.4) is 0 Å². The van der Waals surface area contributed by atoms with Crippen LogP contribution >= 0.6 is 11.9 Å². The summed E-state index contributed by atoms with van der Waals surface area (Å²) in [4.78, 5) is 23.3. The van der Waals surface area contributed by atoms with Crippen molar-refractivity contribution < 1.29 is 13.6 Å². The lowest BCUT2D eigenvalue weighted by molar-refractivity contribution is -0.118. The van der Waals surface area contributed by atoms with Crippen LogP contribution in [0.15, 0.2) is 77.8 Å². The van der Waals surface area contributed by atoms with E-state index in [0.717, 1.165) is 23.5 Å². The molecule has 3 aromatic carbocycles. The highest BCUT2D eigenvalue weighted by Crippen LogP contribution is 2.50. The average Bonchev–Trinajstić information content (AvgIpc) is 3.74. The molecule has 4 aromatic rings. The number of carbonyl (C=O) groups is 1. The van der Waals surface area contributed by atoms with Gasteiger partial charge in [0.15, 0.2) is 0 Å². The fraction of sp³-hybridized carbons (Fsp3) is 0.207. The molecule has 0 radical (unpaired) electrons. The Hall–Kier alpha value is -4.02. The first kappa shape index (κ1) is 25.3. The Morgan fingerprint density at radius 2 is 1.85 bits per heavy atom. The number of halogens is 2. The third-order valence-corrected chi connectivity index (χ3v) is 7.76. The summed E-state index contributed by atoms with van der Waals surface area (Å²) in [5, 5.41) is 9.25. The zero-order valence-corrected chi connectivity index (χ0v) is 21.7. The maximum absolute atomic E-state index is 15.3. The van der Waals surface area contributed by atoms with E-state index in [9.17, 15) is 9.18 Å². The highest BCUT2D eigenvalue weighted by molar-refractivity contribution is 7.97. The summed E-state index contributed by atoms with van der Waals surface area (Å²) in [6.07, 6.45) is 3.54. The minimum Gasteiger partial charge on any atom is -0.369 e. The number of hydrogen-bond donors (Lipinski definition) is 4. The van der Waals surface area contributed by atoms with Crippen LogP contribution in [0.4, 0.5) is 31.9 Å². The van der Waals surface area contributed by atoms with Crippen molar-refractivity contribution in [1.82, 2.24) is 14.7 Å². The summed E-state index contributed by atoms with van der Waals surface area (Å²) in [6, 6.07) is 18.8. The Kier molecular flexibility index (Phi) is 6.88. The number of nitrogens with zero attached hydrogens (tertiary/aromatic N) is 2. The van der Waals surface area contributed by atoms with Crippen LogP contribution < -0.4 is 20.7 Å². The maximum Gasteiger partial charge on any atom is 0.235 e. The second-order valence-electron chi connectivity index (χ2n) is 9.60. The standard InChI is InChI=1S/C29H26F2N6OS/c30-23-8-2-1-7-22(23)29(11-12-29)27(38)36-25-10-9-18(15-24(25)31)21-17-33-28-35-19-5-3-6-20(16-19)39-34-14-4-13-32-26(21)37-28/h1-3,5-10,15-17,34H,4,11-14H2,(H,36,38)(H2,32,33,35,37). The minimum atomic E-state index is -0.960. The number of aromatic nitrogens is 2. The van der Waals surface area contributed by atoms with Crippen molar-refractivity contribution in [2.24, 2.45) is 0 Å². The van der Waals surface area contributed by atoms with Gasteiger partial charge in [-0.05, 0) is 73.2 Å². The fourth-order valence-corrected chi connectivity index (χ4v) is 5.42. The molecule has 0 saturated heterocycles. The Balaban J connectivity index is 1.25. The normalized spacial score (nSPS) is 15.9. The van der Waals surface area contributed by atoms with Crippen LogP contribution in [0.1, 0.15) is 24.8 Å². The first-order valence-corrected chi connectivity index (χ1v) is 13.6. The Morgan fingerprint density at radius 3 is 2.67 bits per heavy atom. The number of hydrogen-bond acceptors (Lipinski definition) is 7. The summed E-state index contributed by atoms with van der Waals surface area (Å²) in [7, 11) is 0. The summed E-state index contributed by atoms with van der Waals surface area (Å²) in [5.74, 6) is -0.440. The van der Waals surface area contributed by atoms with Gasteiger partial charge in [0.25, 0.3) is 0 Å². The molecule has 1 aliphatic carbocycles. The largest absolute Gasteiger partial charge is 0.369 e.